The van der Waals surface area contributed by atoms with Gasteiger partial charge < -0.3 is 15.0 Å². The van der Waals surface area contributed by atoms with Gasteiger partial charge in [0, 0.05) is 27.1 Å². The number of rotatable bonds is 7. The highest BCUT2D eigenvalue weighted by molar-refractivity contribution is 8.00. The lowest BCUT2D eigenvalue weighted by atomic mass is 9.82. The molecule has 3 aromatic carbocycles. The minimum Gasteiger partial charge on any atom is -0.483 e. The molecule has 2 aliphatic heterocycles. The summed E-state index contributed by atoms with van der Waals surface area (Å²) in [6.07, 6.45) is 0. The Bertz CT molecular complexity index is 1930. The Morgan fingerprint density at radius 3 is 2.44 bits per heavy atom. The first-order valence-electron chi connectivity index (χ1n) is 12.7. The molecule has 0 spiro atoms. The third-order valence-electron chi connectivity index (χ3n) is 6.97. The zero-order chi connectivity index (χ0) is 30.5. The Labute approximate surface area is 258 Å². The Hall–Kier alpha value is -3.95. The Morgan fingerprint density at radius 2 is 1.74 bits per heavy atom. The zero-order valence-corrected chi connectivity index (χ0v) is 25.1. The quantitative estimate of drug-likeness (QED) is 0.254. The van der Waals surface area contributed by atoms with E-state index in [1.54, 1.807) is 48.5 Å². The van der Waals surface area contributed by atoms with Crippen molar-refractivity contribution in [3.05, 3.63) is 97.9 Å². The van der Waals surface area contributed by atoms with Crippen molar-refractivity contribution in [2.45, 2.75) is 21.1 Å². The Kier molecular flexibility index (Phi) is 7.64. The zero-order valence-electron chi connectivity index (χ0n) is 21.9. The van der Waals surface area contributed by atoms with Crippen molar-refractivity contribution in [3.63, 3.8) is 0 Å². The van der Waals surface area contributed by atoms with Gasteiger partial charge >= 0.3 is 4.87 Å². The number of halogens is 1. The lowest BCUT2D eigenvalue weighted by Gasteiger charge is -2.31. The number of nitrogens with two attached hydrogens (primary N) is 1. The van der Waals surface area contributed by atoms with Gasteiger partial charge in [-0.1, -0.05) is 52.9 Å². The number of ether oxygens (including phenoxy) is 1. The van der Waals surface area contributed by atoms with E-state index < -0.39 is 51.4 Å². The number of thioether (sulfide) groups is 1. The lowest BCUT2D eigenvalue weighted by Crippen LogP contribution is -2.32. The molecule has 11 nitrogen and oxygen atoms in total. The molecule has 1 saturated heterocycles. The summed E-state index contributed by atoms with van der Waals surface area (Å²) in [5.74, 6) is -2.76. The van der Waals surface area contributed by atoms with Crippen molar-refractivity contribution in [1.29, 1.82) is 0 Å². The van der Waals surface area contributed by atoms with Crippen LogP contribution in [0.1, 0.15) is 16.4 Å². The minimum absolute atomic E-state index is 0.103. The highest BCUT2D eigenvalue weighted by Crippen LogP contribution is 2.54. The van der Waals surface area contributed by atoms with Gasteiger partial charge in [-0.25, -0.2) is 18.5 Å². The molecule has 3 amide bonds. The van der Waals surface area contributed by atoms with E-state index in [0.717, 1.165) is 23.1 Å². The molecular weight excluding hydrogens is 636 g/mol. The molecule has 0 bridgehead atoms. The molecule has 4 aromatic rings. The van der Waals surface area contributed by atoms with E-state index in [4.69, 9.17) is 21.5 Å². The van der Waals surface area contributed by atoms with Crippen LogP contribution in [-0.4, -0.2) is 43.0 Å². The first-order valence-corrected chi connectivity index (χ1v) is 16.3. The number of anilines is 2. The normalized spacial score (nSPS) is 19.6. The number of H-pyrrole nitrogens is 1. The molecule has 3 heterocycles. The van der Waals surface area contributed by atoms with Gasteiger partial charge in [0.2, 0.25) is 21.8 Å². The summed E-state index contributed by atoms with van der Waals surface area (Å²) in [6, 6.07) is 18.7. The van der Waals surface area contributed by atoms with Crippen LogP contribution in [-0.2, 0) is 24.4 Å². The number of carbonyl (C=O) groups is 3. The fourth-order valence-electron chi connectivity index (χ4n) is 5.15. The molecule has 1 aromatic heterocycles. The molecule has 3 atom stereocenters. The molecule has 6 rings (SSSR count). The average molecular weight is 657 g/mol. The predicted octanol–water partition coefficient (Wildman–Crippen LogP) is 3.55. The SMILES string of the molecule is NS(=O)(=O)c1ccc(NC(=O)COc2ccc(Cl)cc2[C@@H]2c3sc(=O)[nH]c3S[C@H]3C(=O)N(c4ccccc4)C(=O)[C@@H]23)cc1. The van der Waals surface area contributed by atoms with Crippen LogP contribution in [0, 0.1) is 5.92 Å². The summed E-state index contributed by atoms with van der Waals surface area (Å²) in [5.41, 5.74) is 1.21. The number of aromatic nitrogens is 1. The molecule has 43 heavy (non-hydrogen) atoms. The molecule has 0 aliphatic carbocycles. The number of hydrogen-bond acceptors (Lipinski definition) is 9. The van der Waals surface area contributed by atoms with Gasteiger partial charge in [-0.2, -0.15) is 0 Å². The number of nitrogens with zero attached hydrogens (tertiary/aromatic N) is 1. The van der Waals surface area contributed by atoms with Crippen LogP contribution >= 0.6 is 34.7 Å². The number of nitrogens with one attached hydrogen (secondary N) is 2. The third kappa shape index (κ3) is 5.59. The molecular formula is C28H21ClN4O7S3. The molecule has 0 saturated carbocycles. The number of sulfonamides is 1. The topological polar surface area (TPSA) is 169 Å². The van der Waals surface area contributed by atoms with E-state index in [1.807, 2.05) is 0 Å². The molecule has 15 heteroatoms. The van der Waals surface area contributed by atoms with Crippen molar-refractivity contribution >= 4 is 73.8 Å². The van der Waals surface area contributed by atoms with Gasteiger partial charge in [-0.15, -0.1) is 0 Å². The number of hydrogen-bond donors (Lipinski definition) is 3. The summed E-state index contributed by atoms with van der Waals surface area (Å²) < 4.78 is 28.9. The van der Waals surface area contributed by atoms with Gasteiger partial charge in [-0.3, -0.25) is 19.2 Å². The molecule has 1 fully saturated rings. The molecule has 0 unspecified atom stereocenters. The standard InChI is InChI=1S/C28H21ClN4O7S3/c29-14-6-11-19(40-13-20(34)31-15-7-9-17(10-8-15)43(30,38)39)18(12-14)21-22-24(41-25-23(21)42-28(37)32-25)27(36)33(26(22)35)16-4-2-1-3-5-16/h1-12,21-22,24H,13H2,(H,31,34)(H,32,37)(H2,30,38,39)/t21-,22-,24+/m0/s1. The van der Waals surface area contributed by atoms with Crippen molar-refractivity contribution in [3.8, 4) is 5.75 Å². The van der Waals surface area contributed by atoms with E-state index in [0.29, 0.717) is 31.9 Å². The van der Waals surface area contributed by atoms with Crippen LogP contribution in [0.2, 0.25) is 5.02 Å². The highest BCUT2D eigenvalue weighted by Gasteiger charge is 2.56. The summed E-state index contributed by atoms with van der Waals surface area (Å²) >= 11 is 8.49. The van der Waals surface area contributed by atoms with E-state index in [9.17, 15) is 27.6 Å². The highest BCUT2D eigenvalue weighted by atomic mass is 35.5. The number of benzene rings is 3. The maximum Gasteiger partial charge on any atom is 0.305 e. The molecule has 2 aliphatic rings. The Morgan fingerprint density at radius 1 is 1.02 bits per heavy atom. The Balaban J connectivity index is 1.31. The van der Waals surface area contributed by atoms with Crippen LogP contribution in [0.3, 0.4) is 0 Å². The maximum atomic E-state index is 13.9. The first-order chi connectivity index (χ1) is 20.5. The largest absolute Gasteiger partial charge is 0.483 e. The van der Waals surface area contributed by atoms with E-state index in [2.05, 4.69) is 10.3 Å². The van der Waals surface area contributed by atoms with Gasteiger partial charge in [0.1, 0.15) is 11.0 Å². The van der Waals surface area contributed by atoms with E-state index in [1.165, 1.54) is 29.2 Å². The number of imide groups is 1. The third-order valence-corrected chi connectivity index (χ3v) is 10.5. The van der Waals surface area contributed by atoms with Crippen LogP contribution in [0.25, 0.3) is 0 Å². The van der Waals surface area contributed by atoms with Gasteiger partial charge in [0.15, 0.2) is 6.61 Å². The summed E-state index contributed by atoms with van der Waals surface area (Å²) in [5, 5.41) is 7.74. The molecule has 0 radical (unpaired) electrons. The fourth-order valence-corrected chi connectivity index (χ4v) is 8.35. The fraction of sp³-hybridized carbons (Fsp3) is 0.143. The van der Waals surface area contributed by atoms with E-state index >= 15 is 0 Å². The monoisotopic (exact) mass is 656 g/mol. The van der Waals surface area contributed by atoms with Crippen LogP contribution < -0.4 is 25.0 Å². The van der Waals surface area contributed by atoms with Gasteiger partial charge in [0.25, 0.3) is 5.91 Å². The number of thiazole rings is 1. The molecule has 4 N–H and O–H groups in total. The number of carbonyl (C=O) groups excluding carboxylic acids is 3. The first kappa shape index (κ1) is 29.1. The van der Waals surface area contributed by atoms with Crippen molar-refractivity contribution in [1.82, 2.24) is 4.98 Å². The second kappa shape index (κ2) is 11.3. The lowest BCUT2D eigenvalue weighted by molar-refractivity contribution is -0.122. The summed E-state index contributed by atoms with van der Waals surface area (Å²) in [7, 11) is -3.88. The van der Waals surface area contributed by atoms with Crippen molar-refractivity contribution < 1.29 is 27.5 Å². The van der Waals surface area contributed by atoms with Crippen LogP contribution in [0.4, 0.5) is 11.4 Å². The van der Waals surface area contributed by atoms with Crippen molar-refractivity contribution in [2.75, 3.05) is 16.8 Å². The minimum atomic E-state index is -3.88. The number of para-hydroxylation sites is 1. The number of aromatic amines is 1. The average Bonchev–Trinajstić information content (AvgIpc) is 3.46. The van der Waals surface area contributed by atoms with Gasteiger partial charge in [0.05, 0.1) is 21.5 Å². The summed E-state index contributed by atoms with van der Waals surface area (Å²) in [4.78, 5) is 56.8. The predicted molar refractivity (Wildman–Crippen MR) is 162 cm³/mol. The maximum absolute atomic E-state index is 13.9. The van der Waals surface area contributed by atoms with Gasteiger partial charge in [-0.05, 0) is 54.6 Å². The van der Waals surface area contributed by atoms with Crippen LogP contribution in [0.5, 0.6) is 5.75 Å². The number of amides is 3. The number of primary sulfonamides is 1. The van der Waals surface area contributed by atoms with E-state index in [-0.39, 0.29) is 15.5 Å². The van der Waals surface area contributed by atoms with Crippen molar-refractivity contribution in [2.24, 2.45) is 11.1 Å². The molecule has 220 valence electrons. The second-order valence-corrected chi connectivity index (χ2v) is 13.9. The smallest absolute Gasteiger partial charge is 0.305 e. The number of fused-ring (bicyclic) bond motifs is 2. The second-order valence-electron chi connectivity index (χ2n) is 9.69. The summed E-state index contributed by atoms with van der Waals surface area (Å²) in [6.45, 7) is -0.444. The van der Waals surface area contributed by atoms with Crippen LogP contribution in [0.15, 0.2) is 87.5 Å².